The summed E-state index contributed by atoms with van der Waals surface area (Å²) >= 11 is 0. The molecule has 1 nitrogen and oxygen atoms in total. The summed E-state index contributed by atoms with van der Waals surface area (Å²) in [6.45, 7) is 0.0199. The Kier molecular flexibility index (Phi) is 2.09. The number of benzene rings is 1. The third kappa shape index (κ3) is 1.37. The molecular weight excluding hydrogens is 124 g/mol. The second-order valence-corrected chi connectivity index (χ2v) is 1.93. The van der Waals surface area contributed by atoms with Gasteiger partial charge in [0, 0.05) is 5.56 Å². The van der Waals surface area contributed by atoms with Crippen LogP contribution in [0.15, 0.2) is 18.2 Å². The average Bonchev–Trinajstić information content (AvgIpc) is 2.05. The molecule has 0 atom stereocenters. The van der Waals surface area contributed by atoms with Crippen LogP contribution >= 0.6 is 0 Å². The van der Waals surface area contributed by atoms with Crippen molar-refractivity contribution in [3.63, 3.8) is 0 Å². The minimum Gasteiger partial charge on any atom is -0.392 e. The maximum Gasteiger partial charge on any atom is 0.0682 e. The second-order valence-electron chi connectivity index (χ2n) is 1.93. The van der Waals surface area contributed by atoms with Gasteiger partial charge in [-0.05, 0) is 29.8 Å². The number of hydrogen-bond donors (Lipinski definition) is 1. The van der Waals surface area contributed by atoms with Crippen molar-refractivity contribution in [1.82, 2.24) is 0 Å². The van der Waals surface area contributed by atoms with Gasteiger partial charge >= 0.3 is 0 Å². The summed E-state index contributed by atoms with van der Waals surface area (Å²) in [5.41, 5.74) is 1.56. The van der Waals surface area contributed by atoms with Crippen molar-refractivity contribution in [3.8, 4) is 12.3 Å². The first-order chi connectivity index (χ1) is 4.86. The zero-order chi connectivity index (χ0) is 7.40. The van der Waals surface area contributed by atoms with Crippen LogP contribution in [0.2, 0.25) is 0 Å². The molecule has 0 aliphatic rings. The average molecular weight is 131 g/mol. The highest BCUT2D eigenvalue weighted by Gasteiger charge is 1.89. The summed E-state index contributed by atoms with van der Waals surface area (Å²) in [5, 5.41) is 8.67. The van der Waals surface area contributed by atoms with Crippen molar-refractivity contribution in [2.75, 3.05) is 0 Å². The SMILES string of the molecule is C#Cc1c[c]cc(CO)c1. The van der Waals surface area contributed by atoms with E-state index >= 15 is 0 Å². The van der Waals surface area contributed by atoms with E-state index in [2.05, 4.69) is 12.0 Å². The van der Waals surface area contributed by atoms with Crippen molar-refractivity contribution in [1.29, 1.82) is 0 Å². The molecule has 1 radical (unpaired) electrons. The molecule has 1 N–H and O–H groups in total. The lowest BCUT2D eigenvalue weighted by Gasteiger charge is -1.93. The Hall–Kier alpha value is -1.26. The molecule has 49 valence electrons. The van der Waals surface area contributed by atoms with Crippen LogP contribution in [-0.2, 0) is 6.61 Å². The van der Waals surface area contributed by atoms with Gasteiger partial charge in [0.2, 0.25) is 0 Å². The summed E-state index contributed by atoms with van der Waals surface area (Å²) < 4.78 is 0. The summed E-state index contributed by atoms with van der Waals surface area (Å²) in [5.74, 6) is 2.46. The van der Waals surface area contributed by atoms with Gasteiger partial charge in [0.05, 0.1) is 6.61 Å². The van der Waals surface area contributed by atoms with Gasteiger partial charge in [0.1, 0.15) is 0 Å². The number of aliphatic hydroxyl groups is 1. The fraction of sp³-hybridized carbons (Fsp3) is 0.111. The van der Waals surface area contributed by atoms with Gasteiger partial charge in [-0.25, -0.2) is 0 Å². The molecule has 1 heteroatoms. The smallest absolute Gasteiger partial charge is 0.0682 e. The van der Waals surface area contributed by atoms with Gasteiger partial charge in [-0.2, -0.15) is 0 Å². The quantitative estimate of drug-likeness (QED) is 0.563. The van der Waals surface area contributed by atoms with E-state index in [4.69, 9.17) is 11.5 Å². The number of terminal acetylenes is 1. The van der Waals surface area contributed by atoms with E-state index in [1.54, 1.807) is 18.2 Å². The van der Waals surface area contributed by atoms with Crippen molar-refractivity contribution >= 4 is 0 Å². The Balaban J connectivity index is 3.01. The maximum absolute atomic E-state index is 8.67. The van der Waals surface area contributed by atoms with Crippen LogP contribution in [0.5, 0.6) is 0 Å². The normalized spacial score (nSPS) is 8.80. The molecular formula is C9H7O. The summed E-state index contributed by atoms with van der Waals surface area (Å²) in [6, 6.07) is 8.01. The first-order valence-electron chi connectivity index (χ1n) is 2.94. The largest absolute Gasteiger partial charge is 0.392 e. The van der Waals surface area contributed by atoms with Gasteiger partial charge in [0.15, 0.2) is 0 Å². The van der Waals surface area contributed by atoms with Gasteiger partial charge in [-0.1, -0.05) is 5.92 Å². The summed E-state index contributed by atoms with van der Waals surface area (Å²) in [6.07, 6.45) is 5.12. The first kappa shape index (κ1) is 6.85. The highest BCUT2D eigenvalue weighted by molar-refractivity contribution is 5.34. The fourth-order valence-electron chi connectivity index (χ4n) is 0.696. The lowest BCUT2D eigenvalue weighted by atomic mass is 10.1. The monoisotopic (exact) mass is 131 g/mol. The van der Waals surface area contributed by atoms with E-state index in [0.717, 1.165) is 11.1 Å². The minimum absolute atomic E-state index is 0.0199. The van der Waals surface area contributed by atoms with Crippen molar-refractivity contribution in [2.45, 2.75) is 6.61 Å². The molecule has 1 aromatic rings. The minimum atomic E-state index is 0.0199. The maximum atomic E-state index is 8.67. The van der Waals surface area contributed by atoms with Crippen LogP contribution in [0, 0.1) is 18.4 Å². The molecule has 0 bridgehead atoms. The number of hydrogen-bond acceptors (Lipinski definition) is 1. The molecule has 0 heterocycles. The Labute approximate surface area is 60.3 Å². The van der Waals surface area contributed by atoms with Crippen LogP contribution < -0.4 is 0 Å². The number of rotatable bonds is 1. The van der Waals surface area contributed by atoms with E-state index in [1.807, 2.05) is 0 Å². The molecule has 0 aromatic heterocycles. The van der Waals surface area contributed by atoms with Crippen molar-refractivity contribution < 1.29 is 5.11 Å². The molecule has 0 saturated carbocycles. The standard InChI is InChI=1S/C9H7O/c1-2-8-4-3-5-9(6-8)7-10/h1,4-6,10H,7H2. The van der Waals surface area contributed by atoms with Crippen LogP contribution in [0.25, 0.3) is 0 Å². The molecule has 0 aliphatic carbocycles. The lowest BCUT2D eigenvalue weighted by Crippen LogP contribution is -1.82. The first-order valence-corrected chi connectivity index (χ1v) is 2.94. The van der Waals surface area contributed by atoms with Crippen molar-refractivity contribution in [2.24, 2.45) is 0 Å². The van der Waals surface area contributed by atoms with Gasteiger partial charge in [-0.3, -0.25) is 0 Å². The molecule has 0 aliphatic heterocycles. The molecule has 10 heavy (non-hydrogen) atoms. The van der Waals surface area contributed by atoms with E-state index in [1.165, 1.54) is 0 Å². The molecule has 0 amide bonds. The summed E-state index contributed by atoms with van der Waals surface area (Å²) in [4.78, 5) is 0. The molecule has 0 unspecified atom stereocenters. The van der Waals surface area contributed by atoms with E-state index < -0.39 is 0 Å². The Morgan fingerprint density at radius 3 is 3.00 bits per heavy atom. The zero-order valence-corrected chi connectivity index (χ0v) is 5.46. The van der Waals surface area contributed by atoms with E-state index in [9.17, 15) is 0 Å². The van der Waals surface area contributed by atoms with E-state index in [-0.39, 0.29) is 6.61 Å². The second kappa shape index (κ2) is 3.05. The zero-order valence-electron chi connectivity index (χ0n) is 5.46. The third-order valence-corrected chi connectivity index (χ3v) is 1.20. The van der Waals surface area contributed by atoms with Gasteiger partial charge < -0.3 is 5.11 Å². The highest BCUT2D eigenvalue weighted by Crippen LogP contribution is 2.02. The lowest BCUT2D eigenvalue weighted by molar-refractivity contribution is 0.282. The topological polar surface area (TPSA) is 20.2 Å². The fourth-order valence-corrected chi connectivity index (χ4v) is 0.696. The molecule has 0 spiro atoms. The third-order valence-electron chi connectivity index (χ3n) is 1.20. The molecule has 0 saturated heterocycles. The number of aliphatic hydroxyl groups excluding tert-OH is 1. The molecule has 0 fully saturated rings. The molecule has 1 aromatic carbocycles. The Bertz CT molecular complexity index is 258. The van der Waals surface area contributed by atoms with Gasteiger partial charge in [-0.15, -0.1) is 6.42 Å². The Morgan fingerprint density at radius 1 is 1.60 bits per heavy atom. The predicted molar refractivity (Wildman–Crippen MR) is 39.1 cm³/mol. The van der Waals surface area contributed by atoms with Crippen LogP contribution in [0.4, 0.5) is 0 Å². The highest BCUT2D eigenvalue weighted by atomic mass is 16.3. The van der Waals surface area contributed by atoms with Crippen molar-refractivity contribution in [3.05, 3.63) is 35.4 Å². The Morgan fingerprint density at radius 2 is 2.40 bits per heavy atom. The van der Waals surface area contributed by atoms with Crippen LogP contribution in [0.1, 0.15) is 11.1 Å². The predicted octanol–water partition coefficient (Wildman–Crippen LogP) is 0.960. The molecule has 1 rings (SSSR count). The van der Waals surface area contributed by atoms with Crippen LogP contribution in [0.3, 0.4) is 0 Å². The van der Waals surface area contributed by atoms with Gasteiger partial charge in [0.25, 0.3) is 0 Å². The summed E-state index contributed by atoms with van der Waals surface area (Å²) in [7, 11) is 0. The van der Waals surface area contributed by atoms with E-state index in [0.29, 0.717) is 0 Å². The van der Waals surface area contributed by atoms with Crippen LogP contribution in [-0.4, -0.2) is 5.11 Å².